The molecule has 0 aromatic carbocycles. The normalized spacial score (nSPS) is 24.9. The predicted molar refractivity (Wildman–Crippen MR) is 56.6 cm³/mol. The third-order valence-electron chi connectivity index (χ3n) is 2.52. The summed E-state index contributed by atoms with van der Waals surface area (Å²) in [5, 5.41) is 8.84. The Kier molecular flexibility index (Phi) is 3.13. The molecule has 0 aliphatic carbocycles. The van der Waals surface area contributed by atoms with Crippen molar-refractivity contribution < 1.29 is 9.84 Å². The van der Waals surface area contributed by atoms with Gasteiger partial charge in [0.2, 0.25) is 0 Å². The average molecular weight is 247 g/mol. The Balaban J connectivity index is 2.32. The topological polar surface area (TPSA) is 84.3 Å². The second-order valence-electron chi connectivity index (χ2n) is 3.62. The molecule has 88 valence electrons. The minimum Gasteiger partial charge on any atom is -0.394 e. The van der Waals surface area contributed by atoms with Crippen molar-refractivity contribution in [3.63, 3.8) is 0 Å². The standard InChI is InChI=1S/C9H11ClN2O4/c10-6-3-12(9(15)11-8(6)14)7-2-1-5(4-13)16-7/h3,5,7,13H,1-2,4H2,(H,11,14,15). The molecule has 0 amide bonds. The molecule has 16 heavy (non-hydrogen) atoms. The van der Waals surface area contributed by atoms with Crippen LogP contribution in [0.5, 0.6) is 0 Å². The lowest BCUT2D eigenvalue weighted by Gasteiger charge is -2.14. The molecule has 1 aromatic heterocycles. The Labute approximate surface area is 95.4 Å². The maximum Gasteiger partial charge on any atom is 0.330 e. The summed E-state index contributed by atoms with van der Waals surface area (Å²) in [4.78, 5) is 24.6. The third kappa shape index (κ3) is 2.04. The van der Waals surface area contributed by atoms with E-state index in [1.807, 2.05) is 0 Å². The number of nitrogens with zero attached hydrogens (tertiary/aromatic N) is 1. The van der Waals surface area contributed by atoms with E-state index in [9.17, 15) is 9.59 Å². The zero-order valence-electron chi connectivity index (χ0n) is 8.35. The molecule has 1 aliphatic rings. The number of H-pyrrole nitrogens is 1. The summed E-state index contributed by atoms with van der Waals surface area (Å²) < 4.78 is 6.64. The number of hydrogen-bond donors (Lipinski definition) is 2. The molecule has 0 bridgehead atoms. The first kappa shape index (κ1) is 11.4. The van der Waals surface area contributed by atoms with E-state index < -0.39 is 17.5 Å². The van der Waals surface area contributed by atoms with Gasteiger partial charge in [0.1, 0.15) is 11.3 Å². The van der Waals surface area contributed by atoms with Gasteiger partial charge in [0.15, 0.2) is 0 Å². The van der Waals surface area contributed by atoms with Gasteiger partial charge in [-0.05, 0) is 12.8 Å². The van der Waals surface area contributed by atoms with Crippen molar-refractivity contribution >= 4 is 11.6 Å². The summed E-state index contributed by atoms with van der Waals surface area (Å²) in [6, 6.07) is 0. The Morgan fingerprint density at radius 1 is 1.56 bits per heavy atom. The molecule has 0 saturated carbocycles. The summed E-state index contributed by atoms with van der Waals surface area (Å²) in [6.07, 6.45) is 1.80. The van der Waals surface area contributed by atoms with Crippen molar-refractivity contribution in [2.75, 3.05) is 6.61 Å². The lowest BCUT2D eigenvalue weighted by Crippen LogP contribution is -2.32. The fraction of sp³-hybridized carbons (Fsp3) is 0.556. The number of aliphatic hydroxyl groups excluding tert-OH is 1. The summed E-state index contributed by atoms with van der Waals surface area (Å²) in [6.45, 7) is -0.0810. The van der Waals surface area contributed by atoms with Crippen LogP contribution < -0.4 is 11.2 Å². The van der Waals surface area contributed by atoms with Crippen LogP contribution in [0.15, 0.2) is 15.8 Å². The second kappa shape index (κ2) is 4.40. The minimum atomic E-state index is -0.611. The monoisotopic (exact) mass is 246 g/mol. The summed E-state index contributed by atoms with van der Waals surface area (Å²) >= 11 is 5.63. The molecule has 0 radical (unpaired) electrons. The van der Waals surface area contributed by atoms with E-state index in [0.29, 0.717) is 12.8 Å². The van der Waals surface area contributed by atoms with Gasteiger partial charge in [-0.3, -0.25) is 14.3 Å². The van der Waals surface area contributed by atoms with Crippen LogP contribution in [0.4, 0.5) is 0 Å². The molecular formula is C9H11ClN2O4. The second-order valence-corrected chi connectivity index (χ2v) is 4.02. The number of hydrogen-bond acceptors (Lipinski definition) is 4. The number of aromatic nitrogens is 2. The van der Waals surface area contributed by atoms with Gasteiger partial charge >= 0.3 is 5.69 Å². The van der Waals surface area contributed by atoms with Crippen molar-refractivity contribution in [2.24, 2.45) is 0 Å². The van der Waals surface area contributed by atoms with E-state index in [1.54, 1.807) is 0 Å². The highest BCUT2D eigenvalue weighted by atomic mass is 35.5. The lowest BCUT2D eigenvalue weighted by atomic mass is 10.2. The van der Waals surface area contributed by atoms with Gasteiger partial charge in [0.05, 0.1) is 12.7 Å². The van der Waals surface area contributed by atoms with Gasteiger partial charge in [-0.15, -0.1) is 0 Å². The molecule has 2 unspecified atom stereocenters. The zero-order chi connectivity index (χ0) is 11.7. The number of nitrogens with one attached hydrogen (secondary N) is 1. The van der Waals surface area contributed by atoms with Gasteiger partial charge < -0.3 is 9.84 Å². The van der Waals surface area contributed by atoms with Crippen LogP contribution in [0.1, 0.15) is 19.1 Å². The highest BCUT2D eigenvalue weighted by molar-refractivity contribution is 6.30. The van der Waals surface area contributed by atoms with Crippen LogP contribution in [0.3, 0.4) is 0 Å². The average Bonchev–Trinajstić information content (AvgIpc) is 2.71. The van der Waals surface area contributed by atoms with Crippen LogP contribution in [0.2, 0.25) is 5.02 Å². The SMILES string of the molecule is O=c1[nH]c(=O)n(C2CCC(CO)O2)cc1Cl. The zero-order valence-corrected chi connectivity index (χ0v) is 9.11. The fourth-order valence-corrected chi connectivity index (χ4v) is 1.85. The lowest BCUT2D eigenvalue weighted by molar-refractivity contribution is -0.0246. The predicted octanol–water partition coefficient (Wildman–Crippen LogP) is -0.140. The Bertz CT molecular complexity index is 495. The molecule has 7 heteroatoms. The first-order chi connectivity index (χ1) is 7.61. The van der Waals surface area contributed by atoms with E-state index in [1.165, 1.54) is 10.8 Å². The van der Waals surface area contributed by atoms with E-state index in [0.717, 1.165) is 0 Å². The number of aromatic amines is 1. The largest absolute Gasteiger partial charge is 0.394 e. The smallest absolute Gasteiger partial charge is 0.330 e. The summed E-state index contributed by atoms with van der Waals surface area (Å²) in [5.74, 6) is 0. The summed E-state index contributed by atoms with van der Waals surface area (Å²) in [7, 11) is 0. The molecule has 2 rings (SSSR count). The number of aliphatic hydroxyl groups is 1. The van der Waals surface area contributed by atoms with Gasteiger partial charge in [-0.2, -0.15) is 0 Å². The Morgan fingerprint density at radius 3 is 2.94 bits per heavy atom. The van der Waals surface area contributed by atoms with Crippen molar-refractivity contribution in [1.82, 2.24) is 9.55 Å². The molecule has 6 nitrogen and oxygen atoms in total. The van der Waals surface area contributed by atoms with Gasteiger partial charge in [-0.25, -0.2) is 4.79 Å². The van der Waals surface area contributed by atoms with E-state index in [4.69, 9.17) is 21.4 Å². The molecular weight excluding hydrogens is 236 g/mol. The first-order valence-corrected chi connectivity index (χ1v) is 5.27. The van der Waals surface area contributed by atoms with Crippen LogP contribution >= 0.6 is 11.6 Å². The van der Waals surface area contributed by atoms with Crippen molar-refractivity contribution in [2.45, 2.75) is 25.2 Å². The maximum absolute atomic E-state index is 11.5. The Morgan fingerprint density at radius 2 is 2.31 bits per heavy atom. The van der Waals surface area contributed by atoms with Gasteiger partial charge in [0.25, 0.3) is 5.56 Å². The molecule has 1 saturated heterocycles. The number of rotatable bonds is 2. The highest BCUT2D eigenvalue weighted by Crippen LogP contribution is 2.26. The van der Waals surface area contributed by atoms with E-state index in [2.05, 4.69) is 4.98 Å². The van der Waals surface area contributed by atoms with Crippen molar-refractivity contribution in [3.8, 4) is 0 Å². The van der Waals surface area contributed by atoms with Crippen LogP contribution in [0.25, 0.3) is 0 Å². The molecule has 2 atom stereocenters. The Hall–Kier alpha value is -1.11. The molecule has 1 aliphatic heterocycles. The van der Waals surface area contributed by atoms with Crippen LogP contribution in [-0.2, 0) is 4.74 Å². The maximum atomic E-state index is 11.5. The molecule has 1 aromatic rings. The highest BCUT2D eigenvalue weighted by Gasteiger charge is 2.26. The van der Waals surface area contributed by atoms with Gasteiger partial charge in [0, 0.05) is 6.20 Å². The van der Waals surface area contributed by atoms with E-state index >= 15 is 0 Å². The summed E-state index contributed by atoms with van der Waals surface area (Å²) in [5.41, 5.74) is -1.17. The quantitative estimate of drug-likeness (QED) is 0.761. The fourth-order valence-electron chi connectivity index (χ4n) is 1.70. The van der Waals surface area contributed by atoms with Crippen LogP contribution in [-0.4, -0.2) is 27.4 Å². The molecule has 2 N–H and O–H groups in total. The minimum absolute atomic E-state index is 0.0596. The van der Waals surface area contributed by atoms with E-state index in [-0.39, 0.29) is 17.7 Å². The van der Waals surface area contributed by atoms with Gasteiger partial charge in [-0.1, -0.05) is 11.6 Å². The number of halogens is 1. The first-order valence-electron chi connectivity index (χ1n) is 4.89. The number of ether oxygens (including phenoxy) is 1. The van der Waals surface area contributed by atoms with Crippen molar-refractivity contribution in [1.29, 1.82) is 0 Å². The molecule has 2 heterocycles. The van der Waals surface area contributed by atoms with Crippen molar-refractivity contribution in [3.05, 3.63) is 32.1 Å². The molecule has 0 spiro atoms. The molecule has 1 fully saturated rings. The third-order valence-corrected chi connectivity index (χ3v) is 2.79. The van der Waals surface area contributed by atoms with Crippen LogP contribution in [0, 0.1) is 0 Å².